The lowest BCUT2D eigenvalue weighted by molar-refractivity contribution is -0.117. The summed E-state index contributed by atoms with van der Waals surface area (Å²) in [5.74, 6) is -0.0453. The third-order valence-electron chi connectivity index (χ3n) is 3.42. The van der Waals surface area contributed by atoms with Crippen molar-refractivity contribution in [3.05, 3.63) is 58.9 Å². The Bertz CT molecular complexity index is 631. The summed E-state index contributed by atoms with van der Waals surface area (Å²) in [6.07, 6.45) is 3.57. The summed E-state index contributed by atoms with van der Waals surface area (Å²) in [7, 11) is 0. The second kappa shape index (κ2) is 7.92. The number of anilines is 1. The SMILES string of the molecule is CCN(CC(=O)Nc1cc(Cl)ccc1C)Cc1cccnc1. The van der Waals surface area contributed by atoms with Crippen LogP contribution in [0, 0.1) is 6.92 Å². The molecule has 0 unspecified atom stereocenters. The van der Waals surface area contributed by atoms with E-state index in [2.05, 4.69) is 15.2 Å². The number of carbonyl (C=O) groups excluding carboxylic acids is 1. The number of aryl methyl sites for hydroxylation is 1. The van der Waals surface area contributed by atoms with Gasteiger partial charge in [0.05, 0.1) is 6.54 Å². The van der Waals surface area contributed by atoms with Crippen LogP contribution in [0.3, 0.4) is 0 Å². The molecule has 1 aromatic heterocycles. The molecule has 0 fully saturated rings. The molecule has 0 aliphatic carbocycles. The number of nitrogens with one attached hydrogen (secondary N) is 1. The molecule has 0 atom stereocenters. The molecule has 0 saturated carbocycles. The smallest absolute Gasteiger partial charge is 0.238 e. The van der Waals surface area contributed by atoms with E-state index in [0.29, 0.717) is 18.1 Å². The van der Waals surface area contributed by atoms with Gasteiger partial charge in [-0.15, -0.1) is 0 Å². The van der Waals surface area contributed by atoms with Crippen LogP contribution < -0.4 is 5.32 Å². The Hall–Kier alpha value is -1.91. The molecule has 2 aromatic rings. The first-order chi connectivity index (χ1) is 10.6. The Balaban J connectivity index is 1.96. The van der Waals surface area contributed by atoms with Crippen LogP contribution in [0.4, 0.5) is 5.69 Å². The zero-order valence-electron chi connectivity index (χ0n) is 12.8. The first-order valence-corrected chi connectivity index (χ1v) is 7.63. The van der Waals surface area contributed by atoms with Crippen molar-refractivity contribution in [2.75, 3.05) is 18.4 Å². The first-order valence-electron chi connectivity index (χ1n) is 7.25. The van der Waals surface area contributed by atoms with Crippen LogP contribution in [0.5, 0.6) is 0 Å². The number of nitrogens with zero attached hydrogens (tertiary/aromatic N) is 2. The normalized spacial score (nSPS) is 10.7. The number of likely N-dealkylation sites (N-methyl/N-ethyl adjacent to an activating group) is 1. The van der Waals surface area contributed by atoms with Crippen LogP contribution >= 0.6 is 11.6 Å². The first kappa shape index (κ1) is 16.5. The summed E-state index contributed by atoms with van der Waals surface area (Å²) >= 11 is 5.97. The molecule has 5 heteroatoms. The summed E-state index contributed by atoms with van der Waals surface area (Å²) in [5, 5.41) is 3.54. The quantitative estimate of drug-likeness (QED) is 0.887. The summed E-state index contributed by atoms with van der Waals surface area (Å²) in [5.41, 5.74) is 2.85. The van der Waals surface area contributed by atoms with E-state index in [0.717, 1.165) is 23.4 Å². The Kier molecular flexibility index (Phi) is 5.92. The predicted octanol–water partition coefficient (Wildman–Crippen LogP) is 3.50. The van der Waals surface area contributed by atoms with E-state index >= 15 is 0 Å². The molecule has 0 spiro atoms. The van der Waals surface area contributed by atoms with E-state index in [1.54, 1.807) is 12.3 Å². The molecule has 0 radical (unpaired) electrons. The third-order valence-corrected chi connectivity index (χ3v) is 3.65. The minimum atomic E-state index is -0.0453. The number of hydrogen-bond donors (Lipinski definition) is 1. The van der Waals surface area contributed by atoms with Crippen molar-refractivity contribution in [2.45, 2.75) is 20.4 Å². The van der Waals surface area contributed by atoms with Crippen LogP contribution in [0.25, 0.3) is 0 Å². The molecule has 22 heavy (non-hydrogen) atoms. The number of pyridine rings is 1. The van der Waals surface area contributed by atoms with Crippen molar-refractivity contribution in [2.24, 2.45) is 0 Å². The van der Waals surface area contributed by atoms with E-state index in [1.165, 1.54) is 0 Å². The van der Waals surface area contributed by atoms with Gasteiger partial charge in [-0.05, 0) is 42.8 Å². The van der Waals surface area contributed by atoms with Crippen molar-refractivity contribution >= 4 is 23.2 Å². The second-order valence-corrected chi connectivity index (χ2v) is 5.61. The molecule has 4 nitrogen and oxygen atoms in total. The lowest BCUT2D eigenvalue weighted by Gasteiger charge is -2.20. The number of rotatable bonds is 6. The van der Waals surface area contributed by atoms with Gasteiger partial charge in [-0.1, -0.05) is 30.7 Å². The molecule has 1 amide bonds. The molecule has 116 valence electrons. The Morgan fingerprint density at radius 2 is 2.18 bits per heavy atom. The monoisotopic (exact) mass is 317 g/mol. The van der Waals surface area contributed by atoms with Gasteiger partial charge >= 0.3 is 0 Å². The van der Waals surface area contributed by atoms with E-state index in [-0.39, 0.29) is 5.91 Å². The molecule has 1 N–H and O–H groups in total. The minimum absolute atomic E-state index is 0.0453. The van der Waals surface area contributed by atoms with Crippen molar-refractivity contribution < 1.29 is 4.79 Å². The van der Waals surface area contributed by atoms with Crippen LogP contribution in [-0.4, -0.2) is 28.9 Å². The number of carbonyl (C=O) groups is 1. The number of hydrogen-bond acceptors (Lipinski definition) is 3. The van der Waals surface area contributed by atoms with Crippen LogP contribution in [0.1, 0.15) is 18.1 Å². The molecule has 0 aliphatic heterocycles. The Labute approximate surface area is 136 Å². The number of halogens is 1. The van der Waals surface area contributed by atoms with E-state index in [1.807, 2.05) is 44.3 Å². The average molecular weight is 318 g/mol. The average Bonchev–Trinajstić information content (AvgIpc) is 2.51. The molecule has 1 aromatic carbocycles. The fourth-order valence-corrected chi connectivity index (χ4v) is 2.32. The highest BCUT2D eigenvalue weighted by atomic mass is 35.5. The zero-order valence-corrected chi connectivity index (χ0v) is 13.6. The van der Waals surface area contributed by atoms with Crippen molar-refractivity contribution in [3.8, 4) is 0 Å². The maximum Gasteiger partial charge on any atom is 0.238 e. The molecule has 1 heterocycles. The largest absolute Gasteiger partial charge is 0.325 e. The highest BCUT2D eigenvalue weighted by Crippen LogP contribution is 2.20. The van der Waals surface area contributed by atoms with Gasteiger partial charge in [0, 0.05) is 29.6 Å². The van der Waals surface area contributed by atoms with Crippen LogP contribution in [0.2, 0.25) is 5.02 Å². The maximum atomic E-state index is 12.2. The van der Waals surface area contributed by atoms with E-state index in [9.17, 15) is 4.79 Å². The van der Waals surface area contributed by atoms with Gasteiger partial charge in [-0.3, -0.25) is 14.7 Å². The zero-order chi connectivity index (χ0) is 15.9. The van der Waals surface area contributed by atoms with Gasteiger partial charge in [0.25, 0.3) is 0 Å². The fourth-order valence-electron chi connectivity index (χ4n) is 2.15. The Morgan fingerprint density at radius 1 is 1.36 bits per heavy atom. The molecule has 2 rings (SSSR count). The maximum absolute atomic E-state index is 12.2. The van der Waals surface area contributed by atoms with E-state index < -0.39 is 0 Å². The highest BCUT2D eigenvalue weighted by Gasteiger charge is 2.11. The molecule has 0 aliphatic rings. The van der Waals surface area contributed by atoms with Gasteiger partial charge in [0.15, 0.2) is 0 Å². The predicted molar refractivity (Wildman–Crippen MR) is 90.0 cm³/mol. The lowest BCUT2D eigenvalue weighted by atomic mass is 10.2. The molecule has 0 bridgehead atoms. The van der Waals surface area contributed by atoms with Crippen LogP contribution in [-0.2, 0) is 11.3 Å². The van der Waals surface area contributed by atoms with E-state index in [4.69, 9.17) is 11.6 Å². The summed E-state index contributed by atoms with van der Waals surface area (Å²) in [6, 6.07) is 9.39. The topological polar surface area (TPSA) is 45.2 Å². The highest BCUT2D eigenvalue weighted by molar-refractivity contribution is 6.31. The van der Waals surface area contributed by atoms with Crippen molar-refractivity contribution in [1.29, 1.82) is 0 Å². The Morgan fingerprint density at radius 3 is 2.86 bits per heavy atom. The van der Waals surface area contributed by atoms with Gasteiger partial charge < -0.3 is 5.32 Å². The van der Waals surface area contributed by atoms with Gasteiger partial charge in [-0.2, -0.15) is 0 Å². The van der Waals surface area contributed by atoms with Crippen molar-refractivity contribution in [1.82, 2.24) is 9.88 Å². The van der Waals surface area contributed by atoms with Gasteiger partial charge in [0.2, 0.25) is 5.91 Å². The lowest BCUT2D eigenvalue weighted by Crippen LogP contribution is -2.32. The minimum Gasteiger partial charge on any atom is -0.325 e. The molecule has 0 saturated heterocycles. The van der Waals surface area contributed by atoms with Crippen molar-refractivity contribution in [3.63, 3.8) is 0 Å². The third kappa shape index (κ3) is 4.83. The standard InChI is InChI=1S/C17H20ClN3O/c1-3-21(11-14-5-4-8-19-10-14)12-17(22)20-16-9-15(18)7-6-13(16)2/h4-10H,3,11-12H2,1-2H3,(H,20,22). The van der Waals surface area contributed by atoms with Gasteiger partial charge in [-0.25, -0.2) is 0 Å². The van der Waals surface area contributed by atoms with Gasteiger partial charge in [0.1, 0.15) is 0 Å². The fraction of sp³-hybridized carbons (Fsp3) is 0.294. The number of benzene rings is 1. The summed E-state index contributed by atoms with van der Waals surface area (Å²) in [6.45, 7) is 5.80. The second-order valence-electron chi connectivity index (χ2n) is 5.17. The number of amides is 1. The molecular formula is C17H20ClN3O. The number of aromatic nitrogens is 1. The molecular weight excluding hydrogens is 298 g/mol. The van der Waals surface area contributed by atoms with Crippen LogP contribution in [0.15, 0.2) is 42.7 Å². The summed E-state index contributed by atoms with van der Waals surface area (Å²) in [4.78, 5) is 18.4. The summed E-state index contributed by atoms with van der Waals surface area (Å²) < 4.78 is 0.